The Morgan fingerprint density at radius 2 is 1.80 bits per heavy atom. The topological polar surface area (TPSA) is 90.9 Å². The summed E-state index contributed by atoms with van der Waals surface area (Å²) < 4.78 is 28.3. The first kappa shape index (κ1) is 29.4. The van der Waals surface area contributed by atoms with E-state index >= 15 is 0 Å². The fraction of sp³-hybridized carbons (Fsp3) is 0.242. The molecule has 8 nitrogen and oxygen atoms in total. The number of likely N-dealkylation sites (tertiary alicyclic amines) is 1. The largest absolute Gasteiger partial charge is 0.618 e. The third-order valence-corrected chi connectivity index (χ3v) is 8.46. The molecular formula is C33H29ClF2N6O2. The van der Waals surface area contributed by atoms with Crippen LogP contribution < -0.4 is 4.73 Å². The lowest BCUT2D eigenvalue weighted by atomic mass is 9.84. The van der Waals surface area contributed by atoms with Crippen LogP contribution >= 0.6 is 11.6 Å². The number of aromatic nitrogens is 5. The summed E-state index contributed by atoms with van der Waals surface area (Å²) in [7, 11) is 0. The van der Waals surface area contributed by atoms with Crippen molar-refractivity contribution in [1.82, 2.24) is 25.1 Å². The first-order valence-corrected chi connectivity index (χ1v) is 14.7. The van der Waals surface area contributed by atoms with E-state index in [2.05, 4.69) is 21.6 Å². The average molecular weight is 615 g/mol. The molecule has 3 aromatic carbocycles. The Balaban J connectivity index is 1.33. The zero-order valence-corrected chi connectivity index (χ0v) is 24.4. The summed E-state index contributed by atoms with van der Waals surface area (Å²) in [4.78, 5) is 13.0. The lowest BCUT2D eigenvalue weighted by molar-refractivity contribution is -0.614. The monoisotopic (exact) mass is 614 g/mol. The van der Waals surface area contributed by atoms with Crippen LogP contribution in [0.5, 0.6) is 0 Å². The minimum Gasteiger partial charge on any atom is -0.618 e. The van der Waals surface area contributed by atoms with Gasteiger partial charge in [-0.05, 0) is 76.6 Å². The van der Waals surface area contributed by atoms with Crippen molar-refractivity contribution < 1.29 is 18.3 Å². The van der Waals surface area contributed by atoms with Crippen molar-refractivity contribution in [3.8, 4) is 16.8 Å². The van der Waals surface area contributed by atoms with E-state index in [4.69, 9.17) is 11.6 Å². The fourth-order valence-electron chi connectivity index (χ4n) is 5.98. The molecule has 11 heteroatoms. The number of piperidine rings is 1. The molecule has 44 heavy (non-hydrogen) atoms. The molecular weight excluding hydrogens is 586 g/mol. The first-order valence-electron chi connectivity index (χ1n) is 14.3. The number of nitrogens with zero attached hydrogens (tertiary/aromatic N) is 6. The highest BCUT2D eigenvalue weighted by Crippen LogP contribution is 2.34. The van der Waals surface area contributed by atoms with Gasteiger partial charge < -0.3 is 10.1 Å². The highest BCUT2D eigenvalue weighted by molar-refractivity contribution is 6.31. The van der Waals surface area contributed by atoms with Gasteiger partial charge in [0.05, 0.1) is 11.6 Å². The Morgan fingerprint density at radius 3 is 2.50 bits per heavy atom. The van der Waals surface area contributed by atoms with Crippen LogP contribution in [-0.2, 0) is 11.2 Å². The van der Waals surface area contributed by atoms with Crippen molar-refractivity contribution in [2.24, 2.45) is 0 Å². The maximum Gasteiger partial charge on any atom is 0.315 e. The highest BCUT2D eigenvalue weighted by atomic mass is 35.5. The van der Waals surface area contributed by atoms with Crippen molar-refractivity contribution >= 4 is 17.5 Å². The van der Waals surface area contributed by atoms with Gasteiger partial charge in [-0.25, -0.2) is 0 Å². The smallest absolute Gasteiger partial charge is 0.315 e. The molecule has 1 aliphatic rings. The van der Waals surface area contributed by atoms with Gasteiger partial charge in [0, 0.05) is 35.3 Å². The summed E-state index contributed by atoms with van der Waals surface area (Å²) in [6.45, 7) is 0.591. The number of hydrogen-bond donors (Lipinski definition) is 0. The standard InChI is InChI=1S/C33H29ClF2N6O2/c34-27-10-12-30(41-21-37-38-39-41)29(19-27)26-9-11-31(42(44)20-26)28(17-22-5-2-1-3-6-22)25-8-4-7-24(18-25)23-13-15-40(16-14-23)33(43)32(35)36/h1-12,18-21,23,28,32H,13-17H2/t28-/m0/s1. The molecule has 2 aromatic heterocycles. The van der Waals surface area contributed by atoms with Crippen molar-refractivity contribution in [3.63, 3.8) is 0 Å². The van der Waals surface area contributed by atoms with Gasteiger partial charge in [0.2, 0.25) is 5.69 Å². The second-order valence-electron chi connectivity index (χ2n) is 10.9. The number of pyridine rings is 1. The van der Waals surface area contributed by atoms with Gasteiger partial charge in [0.25, 0.3) is 5.91 Å². The van der Waals surface area contributed by atoms with Crippen LogP contribution in [-0.4, -0.2) is 50.5 Å². The predicted octanol–water partition coefficient (Wildman–Crippen LogP) is 5.96. The normalized spacial score (nSPS) is 14.6. The van der Waals surface area contributed by atoms with E-state index in [0.29, 0.717) is 59.9 Å². The molecule has 0 spiro atoms. The zero-order chi connectivity index (χ0) is 30.6. The van der Waals surface area contributed by atoms with Crippen molar-refractivity contribution in [3.05, 3.63) is 130 Å². The van der Waals surface area contributed by atoms with Gasteiger partial charge in [-0.1, -0.05) is 66.2 Å². The number of alkyl halides is 2. The second kappa shape index (κ2) is 12.9. The lowest BCUT2D eigenvalue weighted by Crippen LogP contribution is -2.41. The van der Waals surface area contributed by atoms with Gasteiger partial charge >= 0.3 is 6.43 Å². The second-order valence-corrected chi connectivity index (χ2v) is 11.3. The Labute approximate surface area is 258 Å². The molecule has 0 aliphatic carbocycles. The third-order valence-electron chi connectivity index (χ3n) is 8.23. The van der Waals surface area contributed by atoms with Gasteiger partial charge in [-0.2, -0.15) is 18.2 Å². The van der Waals surface area contributed by atoms with E-state index in [9.17, 15) is 18.8 Å². The minimum atomic E-state index is -2.98. The molecule has 1 amide bonds. The summed E-state index contributed by atoms with van der Waals surface area (Å²) in [5, 5.41) is 25.8. The maximum absolute atomic E-state index is 13.8. The number of halogens is 3. The van der Waals surface area contributed by atoms with Crippen LogP contribution in [0, 0.1) is 5.21 Å². The SMILES string of the molecule is O=C(C(F)F)N1CCC(c2cccc([C@H](Cc3ccccc3)c3ccc(-c4cc(Cl)ccc4-n4cnnn4)c[n+]3[O-])c2)CC1. The van der Waals surface area contributed by atoms with Gasteiger partial charge in [0.1, 0.15) is 6.33 Å². The number of carbonyl (C=O) groups excluding carboxylic acids is 1. The minimum absolute atomic E-state index is 0.128. The van der Waals surface area contributed by atoms with Crippen molar-refractivity contribution in [2.75, 3.05) is 13.1 Å². The number of hydrogen-bond acceptors (Lipinski definition) is 5. The van der Waals surface area contributed by atoms with Gasteiger partial charge in [-0.3, -0.25) is 4.79 Å². The molecule has 0 saturated carbocycles. The first-order chi connectivity index (χ1) is 21.4. The number of rotatable bonds is 8. The van der Waals surface area contributed by atoms with E-state index in [1.807, 2.05) is 60.7 Å². The molecule has 6 rings (SSSR count). The van der Waals surface area contributed by atoms with E-state index in [0.717, 1.165) is 21.4 Å². The van der Waals surface area contributed by atoms with E-state index in [1.165, 1.54) is 15.9 Å². The third kappa shape index (κ3) is 6.30. The molecule has 0 N–H and O–H groups in total. The Kier molecular flexibility index (Phi) is 8.60. The van der Waals surface area contributed by atoms with E-state index in [-0.39, 0.29) is 11.8 Å². The molecule has 5 aromatic rings. The Bertz CT molecular complexity index is 1750. The zero-order valence-electron chi connectivity index (χ0n) is 23.6. The number of tetrazole rings is 1. The molecule has 1 aliphatic heterocycles. The molecule has 0 radical (unpaired) electrons. The summed E-state index contributed by atoms with van der Waals surface area (Å²) >= 11 is 6.34. The number of benzene rings is 3. The molecule has 1 atom stereocenters. The van der Waals surface area contributed by atoms with Crippen LogP contribution in [0.2, 0.25) is 5.02 Å². The quantitative estimate of drug-likeness (QED) is 0.159. The summed E-state index contributed by atoms with van der Waals surface area (Å²) in [5.41, 5.74) is 5.77. The van der Waals surface area contributed by atoms with Crippen molar-refractivity contribution in [2.45, 2.75) is 37.5 Å². The summed E-state index contributed by atoms with van der Waals surface area (Å²) in [5.74, 6) is -1.24. The van der Waals surface area contributed by atoms with Crippen LogP contribution in [0.4, 0.5) is 8.78 Å². The Morgan fingerprint density at radius 1 is 1.00 bits per heavy atom. The fourth-order valence-corrected chi connectivity index (χ4v) is 6.15. The number of carbonyl (C=O) groups is 1. The van der Waals surface area contributed by atoms with Gasteiger partial charge in [0.15, 0.2) is 6.20 Å². The van der Waals surface area contributed by atoms with Crippen molar-refractivity contribution in [1.29, 1.82) is 0 Å². The highest BCUT2D eigenvalue weighted by Gasteiger charge is 2.30. The molecule has 0 bridgehead atoms. The summed E-state index contributed by atoms with van der Waals surface area (Å²) in [6, 6.07) is 27.2. The van der Waals surface area contributed by atoms with Crippen LogP contribution in [0.3, 0.4) is 0 Å². The molecule has 1 fully saturated rings. The molecule has 1 saturated heterocycles. The van der Waals surface area contributed by atoms with Crippen LogP contribution in [0.15, 0.2) is 97.5 Å². The van der Waals surface area contributed by atoms with Crippen LogP contribution in [0.1, 0.15) is 47.1 Å². The maximum atomic E-state index is 13.8. The summed E-state index contributed by atoms with van der Waals surface area (Å²) in [6.07, 6.45) is 1.85. The average Bonchev–Trinajstić information content (AvgIpc) is 3.59. The van der Waals surface area contributed by atoms with Crippen LogP contribution in [0.25, 0.3) is 16.8 Å². The van der Waals surface area contributed by atoms with E-state index in [1.54, 1.807) is 24.4 Å². The van der Waals surface area contributed by atoms with Gasteiger partial charge in [-0.15, -0.1) is 5.10 Å². The van der Waals surface area contributed by atoms with E-state index < -0.39 is 12.3 Å². The predicted molar refractivity (Wildman–Crippen MR) is 162 cm³/mol. The Hall–Kier alpha value is -4.70. The molecule has 0 unspecified atom stereocenters. The lowest BCUT2D eigenvalue weighted by Gasteiger charge is -2.32. The molecule has 224 valence electrons. The number of amides is 1. The molecule has 3 heterocycles.